The number of ether oxygens (including phenoxy) is 1. The maximum Gasteiger partial charge on any atom is 0.262 e. The number of nitrogens with zero attached hydrogens (tertiary/aromatic N) is 1. The molecule has 2 aromatic carbocycles. The first-order chi connectivity index (χ1) is 15.8. The van der Waals surface area contributed by atoms with E-state index in [1.165, 1.54) is 24.3 Å². The van der Waals surface area contributed by atoms with E-state index in [2.05, 4.69) is 4.72 Å². The molecule has 1 aliphatic rings. The maximum atomic E-state index is 13.2. The predicted octanol–water partition coefficient (Wildman–Crippen LogP) is 3.82. The Morgan fingerprint density at radius 1 is 1.03 bits per heavy atom. The summed E-state index contributed by atoms with van der Waals surface area (Å²) in [5.74, 6) is -0.418. The lowest BCUT2D eigenvalue weighted by Crippen LogP contribution is -2.41. The van der Waals surface area contributed by atoms with Gasteiger partial charge in [0.05, 0.1) is 30.2 Å². The van der Waals surface area contributed by atoms with Crippen LogP contribution in [0.25, 0.3) is 11.1 Å². The summed E-state index contributed by atoms with van der Waals surface area (Å²) in [6.45, 7) is 3.41. The largest absolute Gasteiger partial charge is 0.378 e. The first-order valence-corrected chi connectivity index (χ1v) is 12.9. The molecule has 0 unspecified atom stereocenters. The third-order valence-corrected chi connectivity index (χ3v) is 7.77. The molecule has 4 rings (SSSR count). The Morgan fingerprint density at radius 3 is 2.45 bits per heavy atom. The van der Waals surface area contributed by atoms with E-state index in [-0.39, 0.29) is 28.6 Å². The maximum absolute atomic E-state index is 13.2. The van der Waals surface area contributed by atoms with Crippen LogP contribution in [-0.2, 0) is 26.0 Å². The first kappa shape index (κ1) is 23.2. The fourth-order valence-electron chi connectivity index (χ4n) is 3.68. The zero-order valence-electron chi connectivity index (χ0n) is 18.1. The minimum absolute atomic E-state index is 0.0714. The molecule has 1 saturated heterocycles. The van der Waals surface area contributed by atoms with Crippen molar-refractivity contribution in [2.75, 3.05) is 31.0 Å². The van der Waals surface area contributed by atoms with Crippen molar-refractivity contribution in [3.8, 4) is 11.1 Å². The zero-order valence-corrected chi connectivity index (χ0v) is 19.7. The molecule has 1 N–H and O–H groups in total. The molecule has 1 fully saturated rings. The Labute approximate surface area is 197 Å². The number of carbonyl (C=O) groups excluding carboxylic acids is 2. The van der Waals surface area contributed by atoms with Crippen LogP contribution in [-0.4, -0.2) is 51.3 Å². The summed E-state index contributed by atoms with van der Waals surface area (Å²) in [7, 11) is -4.05. The Hall–Kier alpha value is -3.01. The van der Waals surface area contributed by atoms with Gasteiger partial charge >= 0.3 is 0 Å². The fourth-order valence-corrected chi connectivity index (χ4v) is 5.90. The van der Waals surface area contributed by atoms with Gasteiger partial charge in [-0.25, -0.2) is 8.42 Å². The molecule has 172 valence electrons. The standard InChI is InChI=1S/C24H24N2O5S2/c1-17(27)20-15-19(18-5-3-2-4-6-18)7-8-23(20)33(29,30)25-21-9-14-32-22(21)16-24(28)26-10-12-31-13-11-26/h2-9,14-15,25H,10-13,16H2,1H3. The molecule has 9 heteroatoms. The minimum atomic E-state index is -4.05. The number of thiophene rings is 1. The smallest absolute Gasteiger partial charge is 0.262 e. The highest BCUT2D eigenvalue weighted by Gasteiger charge is 2.24. The van der Waals surface area contributed by atoms with Crippen LogP contribution in [0.4, 0.5) is 5.69 Å². The van der Waals surface area contributed by atoms with Crippen LogP contribution in [0.1, 0.15) is 22.2 Å². The van der Waals surface area contributed by atoms with Crippen LogP contribution in [0.5, 0.6) is 0 Å². The summed E-state index contributed by atoms with van der Waals surface area (Å²) in [4.78, 5) is 27.2. The molecule has 33 heavy (non-hydrogen) atoms. The van der Waals surface area contributed by atoms with Crippen LogP contribution in [0.15, 0.2) is 64.9 Å². The summed E-state index contributed by atoms with van der Waals surface area (Å²) >= 11 is 1.32. The van der Waals surface area contributed by atoms with E-state index in [1.807, 2.05) is 30.3 Å². The number of sulfonamides is 1. The van der Waals surface area contributed by atoms with Crippen molar-refractivity contribution in [1.82, 2.24) is 4.90 Å². The first-order valence-electron chi connectivity index (χ1n) is 10.5. The molecule has 2 heterocycles. The summed E-state index contributed by atoms with van der Waals surface area (Å²) in [5.41, 5.74) is 2.11. The number of Topliss-reactive ketones (excluding diaryl/α,β-unsaturated/α-hetero) is 1. The molecule has 0 radical (unpaired) electrons. The average Bonchev–Trinajstić information content (AvgIpc) is 3.25. The minimum Gasteiger partial charge on any atom is -0.378 e. The lowest BCUT2D eigenvalue weighted by atomic mass is 10.0. The SMILES string of the molecule is CC(=O)c1cc(-c2ccccc2)ccc1S(=O)(=O)Nc1ccsc1CC(=O)N1CCOCC1. The monoisotopic (exact) mass is 484 g/mol. The third-order valence-electron chi connectivity index (χ3n) is 5.42. The highest BCUT2D eigenvalue weighted by molar-refractivity contribution is 7.92. The van der Waals surface area contributed by atoms with Crippen molar-refractivity contribution in [1.29, 1.82) is 0 Å². The molecule has 0 saturated carbocycles. The second-order valence-electron chi connectivity index (χ2n) is 7.67. The van der Waals surface area contributed by atoms with Gasteiger partial charge < -0.3 is 9.64 Å². The number of amides is 1. The van der Waals surface area contributed by atoms with E-state index in [4.69, 9.17) is 4.74 Å². The third kappa shape index (κ3) is 5.32. The molecule has 1 aromatic heterocycles. The van der Waals surface area contributed by atoms with Crippen LogP contribution >= 0.6 is 11.3 Å². The van der Waals surface area contributed by atoms with Gasteiger partial charge in [0.15, 0.2) is 5.78 Å². The molecule has 3 aromatic rings. The second kappa shape index (κ2) is 9.86. The van der Waals surface area contributed by atoms with Crippen LogP contribution < -0.4 is 4.72 Å². The molecule has 0 bridgehead atoms. The van der Waals surface area contributed by atoms with Crippen molar-refractivity contribution >= 4 is 38.7 Å². The molecule has 1 aliphatic heterocycles. The van der Waals surface area contributed by atoms with Crippen molar-refractivity contribution < 1.29 is 22.7 Å². The van der Waals surface area contributed by atoms with Gasteiger partial charge in [0, 0.05) is 23.5 Å². The van der Waals surface area contributed by atoms with E-state index >= 15 is 0 Å². The summed E-state index contributed by atoms with van der Waals surface area (Å²) in [6, 6.07) is 15.8. The zero-order chi connectivity index (χ0) is 23.4. The van der Waals surface area contributed by atoms with E-state index < -0.39 is 10.0 Å². The highest BCUT2D eigenvalue weighted by Crippen LogP contribution is 2.30. The van der Waals surface area contributed by atoms with Gasteiger partial charge in [0.2, 0.25) is 5.91 Å². The number of morpholine rings is 1. The Balaban J connectivity index is 1.59. The van der Waals surface area contributed by atoms with E-state index in [9.17, 15) is 18.0 Å². The lowest BCUT2D eigenvalue weighted by Gasteiger charge is -2.26. The van der Waals surface area contributed by atoms with Crippen molar-refractivity contribution in [3.05, 3.63) is 70.4 Å². The van der Waals surface area contributed by atoms with Crippen molar-refractivity contribution in [3.63, 3.8) is 0 Å². The number of ketones is 1. The quantitative estimate of drug-likeness (QED) is 0.515. The normalized spacial score (nSPS) is 14.2. The lowest BCUT2D eigenvalue weighted by molar-refractivity contribution is -0.134. The molecule has 0 atom stereocenters. The number of hydrogen-bond acceptors (Lipinski definition) is 6. The van der Waals surface area contributed by atoms with Crippen LogP contribution in [0, 0.1) is 0 Å². The molecular formula is C24H24N2O5S2. The number of benzene rings is 2. The van der Waals surface area contributed by atoms with Gasteiger partial charge in [-0.15, -0.1) is 11.3 Å². The molecule has 1 amide bonds. The number of nitrogens with one attached hydrogen (secondary N) is 1. The fraction of sp³-hybridized carbons (Fsp3) is 0.250. The van der Waals surface area contributed by atoms with Crippen molar-refractivity contribution in [2.24, 2.45) is 0 Å². The van der Waals surface area contributed by atoms with Gasteiger partial charge in [-0.2, -0.15) is 0 Å². The van der Waals surface area contributed by atoms with Gasteiger partial charge in [-0.3, -0.25) is 14.3 Å². The van der Waals surface area contributed by atoms with Crippen LogP contribution in [0.2, 0.25) is 0 Å². The summed E-state index contributed by atoms with van der Waals surface area (Å²) in [5, 5.41) is 1.74. The van der Waals surface area contributed by atoms with E-state index in [1.54, 1.807) is 28.5 Å². The number of rotatable bonds is 7. The van der Waals surface area contributed by atoms with Gasteiger partial charge in [0.1, 0.15) is 0 Å². The Morgan fingerprint density at radius 2 is 1.76 bits per heavy atom. The highest BCUT2D eigenvalue weighted by atomic mass is 32.2. The Kier molecular flexibility index (Phi) is 6.92. The number of anilines is 1. The second-order valence-corrected chi connectivity index (χ2v) is 10.3. The van der Waals surface area contributed by atoms with Crippen molar-refractivity contribution in [2.45, 2.75) is 18.2 Å². The van der Waals surface area contributed by atoms with E-state index in [0.29, 0.717) is 36.9 Å². The molecule has 0 spiro atoms. The molecular weight excluding hydrogens is 460 g/mol. The number of carbonyl (C=O) groups is 2. The van der Waals surface area contributed by atoms with Gasteiger partial charge in [0.25, 0.3) is 10.0 Å². The van der Waals surface area contributed by atoms with E-state index in [0.717, 1.165) is 11.1 Å². The summed E-state index contributed by atoms with van der Waals surface area (Å²) in [6.07, 6.45) is 0.0992. The molecule has 7 nitrogen and oxygen atoms in total. The topological polar surface area (TPSA) is 92.8 Å². The Bertz CT molecular complexity index is 1260. The number of hydrogen-bond donors (Lipinski definition) is 1. The van der Waals surface area contributed by atoms with Crippen LogP contribution in [0.3, 0.4) is 0 Å². The predicted molar refractivity (Wildman–Crippen MR) is 128 cm³/mol. The van der Waals surface area contributed by atoms with Gasteiger partial charge in [-0.1, -0.05) is 36.4 Å². The average molecular weight is 485 g/mol. The molecule has 0 aliphatic carbocycles. The van der Waals surface area contributed by atoms with Gasteiger partial charge in [-0.05, 0) is 41.6 Å². The summed E-state index contributed by atoms with van der Waals surface area (Å²) < 4.78 is 34.3.